The highest BCUT2D eigenvalue weighted by molar-refractivity contribution is 7.26. The summed E-state index contributed by atoms with van der Waals surface area (Å²) in [5.74, 6) is 0.392. The van der Waals surface area contributed by atoms with Crippen LogP contribution in [0.3, 0.4) is 0 Å². The zero-order valence-corrected chi connectivity index (χ0v) is 22.0. The molecule has 7 aromatic rings. The zero-order valence-electron chi connectivity index (χ0n) is 21.2. The Morgan fingerprint density at radius 2 is 1.26 bits per heavy atom. The molecule has 1 aliphatic heterocycles. The second kappa shape index (κ2) is 7.95. The molecule has 0 saturated heterocycles. The van der Waals surface area contributed by atoms with Crippen molar-refractivity contribution in [2.24, 2.45) is 0 Å². The molecule has 0 radical (unpaired) electrons. The molecule has 2 atom stereocenters. The maximum atomic E-state index is 2.53. The summed E-state index contributed by atoms with van der Waals surface area (Å²) in [6.45, 7) is 0. The summed E-state index contributed by atoms with van der Waals surface area (Å²) in [5, 5.41) is 5.24. The van der Waals surface area contributed by atoms with Gasteiger partial charge in [0.2, 0.25) is 0 Å². The SMILES string of the molecule is C1=CC2c3ccccc3N(c3ccc4sc5c(-n6c7ccccc7c7ccccc76)cccc5c4c3)C2C=C1. The van der Waals surface area contributed by atoms with Crippen LogP contribution in [0.25, 0.3) is 47.7 Å². The Balaban J connectivity index is 1.28. The van der Waals surface area contributed by atoms with Crippen LogP contribution in [0.5, 0.6) is 0 Å². The van der Waals surface area contributed by atoms with E-state index in [0.717, 1.165) is 0 Å². The number of hydrogen-bond acceptors (Lipinski definition) is 2. The van der Waals surface area contributed by atoms with Crippen LogP contribution in [0.4, 0.5) is 11.4 Å². The number of rotatable bonds is 2. The lowest BCUT2D eigenvalue weighted by Gasteiger charge is -2.28. The first-order valence-corrected chi connectivity index (χ1v) is 14.4. The zero-order chi connectivity index (χ0) is 25.5. The Bertz CT molecular complexity index is 2110. The van der Waals surface area contributed by atoms with E-state index >= 15 is 0 Å². The van der Waals surface area contributed by atoms with E-state index in [1.165, 1.54) is 64.6 Å². The van der Waals surface area contributed by atoms with E-state index in [-0.39, 0.29) is 0 Å². The van der Waals surface area contributed by atoms with Gasteiger partial charge < -0.3 is 9.47 Å². The standard InChI is InChI=1S/C36H24N2S/c1-5-15-30-24(10-1)25-11-2-6-16-31(25)37(30)23-20-21-35-29(22-23)28-14-9-19-34(36(28)39-35)38-32-17-7-3-12-26(32)27-13-4-8-18-33(27)38/h1-22,24,30H. The summed E-state index contributed by atoms with van der Waals surface area (Å²) in [5.41, 5.74) is 7.73. The average Bonchev–Trinajstić information content (AvgIpc) is 3.65. The van der Waals surface area contributed by atoms with Gasteiger partial charge in [-0.1, -0.05) is 91.0 Å². The van der Waals surface area contributed by atoms with Gasteiger partial charge in [-0.15, -0.1) is 11.3 Å². The van der Waals surface area contributed by atoms with Crippen molar-refractivity contribution in [2.75, 3.05) is 4.90 Å². The van der Waals surface area contributed by atoms with E-state index in [1.807, 2.05) is 11.3 Å². The van der Waals surface area contributed by atoms with E-state index in [4.69, 9.17) is 0 Å². The molecule has 3 heteroatoms. The van der Waals surface area contributed by atoms with Crippen LogP contribution in [0, 0.1) is 0 Å². The largest absolute Gasteiger partial charge is 0.333 e. The summed E-state index contributed by atoms with van der Waals surface area (Å²) < 4.78 is 5.10. The molecule has 39 heavy (non-hydrogen) atoms. The van der Waals surface area contributed by atoms with Crippen LogP contribution >= 0.6 is 11.3 Å². The number of para-hydroxylation sites is 3. The predicted octanol–water partition coefficient (Wildman–Crippen LogP) is 9.88. The third-order valence-electron chi connectivity index (χ3n) is 8.52. The molecule has 9 rings (SSSR count). The number of allylic oxidation sites excluding steroid dienone is 2. The fourth-order valence-corrected chi connectivity index (χ4v) is 8.06. The van der Waals surface area contributed by atoms with E-state index in [9.17, 15) is 0 Å². The number of benzene rings is 5. The summed E-state index contributed by atoms with van der Waals surface area (Å²) >= 11 is 1.90. The maximum absolute atomic E-state index is 2.53. The van der Waals surface area contributed by atoms with Crippen LogP contribution in [-0.4, -0.2) is 10.6 Å². The second-order valence-corrected chi connectivity index (χ2v) is 11.6. The Hall–Kier alpha value is -4.60. The minimum atomic E-state index is 0.308. The van der Waals surface area contributed by atoms with Crippen molar-refractivity contribution >= 4 is 64.7 Å². The Kier molecular flexibility index (Phi) is 4.35. The lowest BCUT2D eigenvalue weighted by molar-refractivity contribution is 0.745. The first kappa shape index (κ1) is 21.3. The molecule has 5 aromatic carbocycles. The van der Waals surface area contributed by atoms with E-state index < -0.39 is 0 Å². The lowest BCUT2D eigenvalue weighted by Crippen LogP contribution is -2.28. The number of anilines is 2. The molecule has 0 N–H and O–H groups in total. The molecule has 184 valence electrons. The van der Waals surface area contributed by atoms with Crippen LogP contribution in [0.1, 0.15) is 11.5 Å². The summed E-state index contributed by atoms with van der Waals surface area (Å²) in [6, 6.07) is 40.5. The molecule has 1 aliphatic carbocycles. The van der Waals surface area contributed by atoms with E-state index in [0.29, 0.717) is 12.0 Å². The molecule has 0 spiro atoms. The Labute approximate surface area is 230 Å². The minimum absolute atomic E-state index is 0.308. The monoisotopic (exact) mass is 516 g/mol. The van der Waals surface area contributed by atoms with Crippen LogP contribution in [0.2, 0.25) is 0 Å². The van der Waals surface area contributed by atoms with Crippen molar-refractivity contribution in [1.82, 2.24) is 4.57 Å². The Morgan fingerprint density at radius 1 is 0.564 bits per heavy atom. The molecule has 2 nitrogen and oxygen atoms in total. The van der Waals surface area contributed by atoms with Gasteiger partial charge in [-0.3, -0.25) is 0 Å². The van der Waals surface area contributed by atoms with Gasteiger partial charge in [0, 0.05) is 43.5 Å². The Morgan fingerprint density at radius 3 is 2.10 bits per heavy atom. The number of aromatic nitrogens is 1. The van der Waals surface area contributed by atoms with Crippen molar-refractivity contribution in [3.63, 3.8) is 0 Å². The fourth-order valence-electron chi connectivity index (χ4n) is 6.87. The average molecular weight is 517 g/mol. The molecule has 3 heterocycles. The first-order valence-electron chi connectivity index (χ1n) is 13.5. The van der Waals surface area contributed by atoms with E-state index in [1.54, 1.807) is 0 Å². The predicted molar refractivity (Wildman–Crippen MR) is 167 cm³/mol. The highest BCUT2D eigenvalue weighted by Gasteiger charge is 2.37. The first-order chi connectivity index (χ1) is 19.4. The quantitative estimate of drug-likeness (QED) is 0.222. The fraction of sp³-hybridized carbons (Fsp3) is 0.0556. The van der Waals surface area contributed by atoms with Gasteiger partial charge in [-0.05, 0) is 48.0 Å². The smallest absolute Gasteiger partial charge is 0.0640 e. The molecule has 0 bridgehead atoms. The van der Waals surface area contributed by atoms with Gasteiger partial charge in [0.25, 0.3) is 0 Å². The third kappa shape index (κ3) is 2.91. The van der Waals surface area contributed by atoms with E-state index in [2.05, 4.69) is 143 Å². The molecule has 2 aromatic heterocycles. The molecule has 0 amide bonds. The normalized spacial score (nSPS) is 18.0. The van der Waals surface area contributed by atoms with Gasteiger partial charge in [0.05, 0.1) is 27.5 Å². The van der Waals surface area contributed by atoms with Gasteiger partial charge in [-0.2, -0.15) is 0 Å². The highest BCUT2D eigenvalue weighted by atomic mass is 32.1. The van der Waals surface area contributed by atoms with Gasteiger partial charge in [-0.25, -0.2) is 0 Å². The lowest BCUT2D eigenvalue weighted by atomic mass is 9.91. The molecule has 2 aliphatic rings. The van der Waals surface area contributed by atoms with Crippen molar-refractivity contribution in [3.05, 3.63) is 139 Å². The van der Waals surface area contributed by atoms with Crippen LogP contribution in [-0.2, 0) is 0 Å². The maximum Gasteiger partial charge on any atom is 0.0640 e. The number of hydrogen-bond donors (Lipinski definition) is 0. The van der Waals surface area contributed by atoms with Crippen LogP contribution < -0.4 is 4.90 Å². The van der Waals surface area contributed by atoms with Crippen molar-refractivity contribution in [3.8, 4) is 5.69 Å². The number of fused-ring (bicyclic) bond motifs is 9. The highest BCUT2D eigenvalue weighted by Crippen LogP contribution is 2.49. The number of nitrogens with zero attached hydrogens (tertiary/aromatic N) is 2. The summed E-state index contributed by atoms with van der Waals surface area (Å²) in [7, 11) is 0. The molecular formula is C36H24N2S. The minimum Gasteiger partial charge on any atom is -0.333 e. The molecule has 2 unspecified atom stereocenters. The van der Waals surface area contributed by atoms with Gasteiger partial charge in [0.15, 0.2) is 0 Å². The van der Waals surface area contributed by atoms with Crippen molar-refractivity contribution < 1.29 is 0 Å². The van der Waals surface area contributed by atoms with Crippen molar-refractivity contribution in [1.29, 1.82) is 0 Å². The molecular weight excluding hydrogens is 492 g/mol. The summed E-state index contributed by atoms with van der Waals surface area (Å²) in [6.07, 6.45) is 9.07. The third-order valence-corrected chi connectivity index (χ3v) is 9.73. The van der Waals surface area contributed by atoms with Gasteiger partial charge >= 0.3 is 0 Å². The number of thiophene rings is 1. The van der Waals surface area contributed by atoms with Gasteiger partial charge in [0.1, 0.15) is 0 Å². The summed E-state index contributed by atoms with van der Waals surface area (Å²) in [4.78, 5) is 2.53. The topological polar surface area (TPSA) is 8.17 Å². The van der Waals surface area contributed by atoms with Crippen LogP contribution in [0.15, 0.2) is 133 Å². The molecule has 0 fully saturated rings. The van der Waals surface area contributed by atoms with Crippen molar-refractivity contribution in [2.45, 2.75) is 12.0 Å². The second-order valence-electron chi connectivity index (χ2n) is 10.5. The molecule has 0 saturated carbocycles.